The van der Waals surface area contributed by atoms with Crippen molar-refractivity contribution in [3.63, 3.8) is 0 Å². The molecule has 0 fully saturated rings. The van der Waals surface area contributed by atoms with E-state index in [0.29, 0.717) is 16.3 Å². The number of amides is 1. The summed E-state index contributed by atoms with van der Waals surface area (Å²) in [5.74, 6) is -2.61. The molecular weight excluding hydrogens is 341 g/mol. The Morgan fingerprint density at radius 1 is 1.08 bits per heavy atom. The minimum absolute atomic E-state index is 0.0386. The molecule has 0 bridgehead atoms. The summed E-state index contributed by atoms with van der Waals surface area (Å²) in [7, 11) is 0. The van der Waals surface area contributed by atoms with Crippen LogP contribution in [0, 0.1) is 23.5 Å². The zero-order valence-electron chi connectivity index (χ0n) is 13.4. The number of nitrogens with two attached hydrogens (primary N) is 1. The standard InChI is InChI=1S/C20H12F3N2O/c21-12-8-7-11(16(23)9-12)10-25-17-6-2-4-14(20(24)26)18(17)13-3-1-5-15(22)19(13)25/h1-2,4-9H,10H2,(H2,24,26). The zero-order valence-corrected chi connectivity index (χ0v) is 13.4. The van der Waals surface area contributed by atoms with Crippen LogP contribution < -0.4 is 5.73 Å². The number of carbonyl (C=O) groups is 1. The SMILES string of the molecule is NC(=O)c1cccc2c1c1[c]ccc(F)c1n2Cc1ccc(F)cc1F. The lowest BCUT2D eigenvalue weighted by atomic mass is 10.1. The van der Waals surface area contributed by atoms with Gasteiger partial charge in [0, 0.05) is 28.0 Å². The summed E-state index contributed by atoms with van der Waals surface area (Å²) in [6.45, 7) is -0.0386. The van der Waals surface area contributed by atoms with E-state index in [0.717, 1.165) is 12.1 Å². The van der Waals surface area contributed by atoms with Crippen LogP contribution in [0.4, 0.5) is 13.2 Å². The summed E-state index contributed by atoms with van der Waals surface area (Å²) in [4.78, 5) is 11.8. The van der Waals surface area contributed by atoms with Crippen LogP contribution in [0.25, 0.3) is 21.8 Å². The van der Waals surface area contributed by atoms with Crippen LogP contribution in [0.15, 0.2) is 48.5 Å². The monoisotopic (exact) mass is 353 g/mol. The maximum Gasteiger partial charge on any atom is 0.249 e. The summed E-state index contributed by atoms with van der Waals surface area (Å²) < 4.78 is 43.4. The van der Waals surface area contributed by atoms with Gasteiger partial charge in [0.15, 0.2) is 0 Å². The molecule has 0 aliphatic carbocycles. The molecular formula is C20H12F3N2O. The number of primary amides is 1. The summed E-state index contributed by atoms with van der Waals surface area (Å²) >= 11 is 0. The van der Waals surface area contributed by atoms with Crippen LogP contribution in [0.5, 0.6) is 0 Å². The summed E-state index contributed by atoms with van der Waals surface area (Å²) in [5, 5.41) is 0.842. The first-order valence-electron chi connectivity index (χ1n) is 7.82. The number of hydrogen-bond acceptors (Lipinski definition) is 1. The van der Waals surface area contributed by atoms with E-state index in [1.54, 1.807) is 22.8 Å². The molecule has 4 rings (SSSR count). The predicted octanol–water partition coefficient (Wildman–Crippen LogP) is 4.16. The number of halogens is 3. The molecule has 1 amide bonds. The first kappa shape index (κ1) is 16.2. The van der Waals surface area contributed by atoms with Crippen molar-refractivity contribution in [2.75, 3.05) is 0 Å². The van der Waals surface area contributed by atoms with Crippen molar-refractivity contribution < 1.29 is 18.0 Å². The van der Waals surface area contributed by atoms with Gasteiger partial charge in [-0.15, -0.1) is 0 Å². The minimum Gasteiger partial charge on any atom is -0.366 e. The molecule has 0 atom stereocenters. The van der Waals surface area contributed by atoms with Crippen LogP contribution in [-0.4, -0.2) is 10.5 Å². The maximum absolute atomic E-state index is 14.6. The van der Waals surface area contributed by atoms with Gasteiger partial charge in [0.1, 0.15) is 17.5 Å². The van der Waals surface area contributed by atoms with E-state index in [1.165, 1.54) is 18.2 Å². The smallest absolute Gasteiger partial charge is 0.249 e. The van der Waals surface area contributed by atoms with Gasteiger partial charge in [0.25, 0.3) is 0 Å². The molecule has 1 radical (unpaired) electrons. The van der Waals surface area contributed by atoms with Gasteiger partial charge in [-0.05, 0) is 30.3 Å². The second-order valence-electron chi connectivity index (χ2n) is 5.94. The fraction of sp³-hybridized carbons (Fsp3) is 0.0500. The second kappa shape index (κ2) is 5.91. The molecule has 129 valence electrons. The largest absolute Gasteiger partial charge is 0.366 e. The third kappa shape index (κ3) is 2.42. The van der Waals surface area contributed by atoms with Crippen molar-refractivity contribution in [3.05, 3.63) is 83.2 Å². The van der Waals surface area contributed by atoms with Crippen molar-refractivity contribution in [2.24, 2.45) is 5.73 Å². The lowest BCUT2D eigenvalue weighted by molar-refractivity contribution is 0.100. The van der Waals surface area contributed by atoms with Gasteiger partial charge in [-0.1, -0.05) is 18.2 Å². The van der Waals surface area contributed by atoms with Crippen LogP contribution in [0.2, 0.25) is 0 Å². The van der Waals surface area contributed by atoms with Crippen LogP contribution in [0.1, 0.15) is 15.9 Å². The van der Waals surface area contributed by atoms with Gasteiger partial charge < -0.3 is 10.3 Å². The van der Waals surface area contributed by atoms with Crippen molar-refractivity contribution >= 4 is 27.7 Å². The van der Waals surface area contributed by atoms with Crippen LogP contribution in [-0.2, 0) is 6.54 Å². The third-order valence-corrected chi connectivity index (χ3v) is 4.38. The second-order valence-corrected chi connectivity index (χ2v) is 5.94. The summed E-state index contributed by atoms with van der Waals surface area (Å²) in [6.07, 6.45) is 0. The van der Waals surface area contributed by atoms with Gasteiger partial charge in [0.05, 0.1) is 17.6 Å². The van der Waals surface area contributed by atoms with Crippen molar-refractivity contribution in [3.8, 4) is 0 Å². The van der Waals surface area contributed by atoms with Crippen molar-refractivity contribution in [1.82, 2.24) is 4.57 Å². The molecule has 2 N–H and O–H groups in total. The van der Waals surface area contributed by atoms with E-state index >= 15 is 0 Å². The average molecular weight is 353 g/mol. The number of benzene rings is 3. The van der Waals surface area contributed by atoms with E-state index in [-0.39, 0.29) is 23.2 Å². The molecule has 0 spiro atoms. The first-order chi connectivity index (χ1) is 12.5. The van der Waals surface area contributed by atoms with E-state index < -0.39 is 23.4 Å². The molecule has 3 nitrogen and oxygen atoms in total. The first-order valence-corrected chi connectivity index (χ1v) is 7.82. The lowest BCUT2D eigenvalue weighted by Crippen LogP contribution is -2.11. The number of nitrogens with zero attached hydrogens (tertiary/aromatic N) is 1. The Morgan fingerprint density at radius 3 is 2.62 bits per heavy atom. The van der Waals surface area contributed by atoms with Gasteiger partial charge in [-0.2, -0.15) is 0 Å². The Balaban J connectivity index is 2.07. The highest BCUT2D eigenvalue weighted by molar-refractivity contribution is 6.17. The highest BCUT2D eigenvalue weighted by Gasteiger charge is 2.19. The average Bonchev–Trinajstić information content (AvgIpc) is 2.92. The Bertz CT molecular complexity index is 1180. The molecule has 1 aromatic heterocycles. The molecule has 0 saturated carbocycles. The lowest BCUT2D eigenvalue weighted by Gasteiger charge is -2.09. The fourth-order valence-electron chi connectivity index (χ4n) is 3.26. The Hall–Kier alpha value is -3.28. The van der Waals surface area contributed by atoms with Gasteiger partial charge >= 0.3 is 0 Å². The van der Waals surface area contributed by atoms with E-state index in [2.05, 4.69) is 6.07 Å². The van der Waals surface area contributed by atoms with E-state index in [1.807, 2.05) is 0 Å². The fourth-order valence-corrected chi connectivity index (χ4v) is 3.26. The quantitative estimate of drug-likeness (QED) is 0.591. The maximum atomic E-state index is 14.6. The van der Waals surface area contributed by atoms with Gasteiger partial charge in [0.2, 0.25) is 5.91 Å². The molecule has 26 heavy (non-hydrogen) atoms. The van der Waals surface area contributed by atoms with Gasteiger partial charge in [-0.3, -0.25) is 4.79 Å². The minimum atomic E-state index is -0.730. The predicted molar refractivity (Wildman–Crippen MR) is 92.2 cm³/mol. The Kier molecular flexibility index (Phi) is 3.68. The molecule has 0 aliphatic heterocycles. The normalized spacial score (nSPS) is 11.3. The molecule has 6 heteroatoms. The number of aromatic nitrogens is 1. The zero-order chi connectivity index (χ0) is 18.4. The molecule has 0 saturated heterocycles. The Labute approximate surface area is 146 Å². The third-order valence-electron chi connectivity index (χ3n) is 4.38. The molecule has 0 unspecified atom stereocenters. The highest BCUT2D eigenvalue weighted by atomic mass is 19.1. The highest BCUT2D eigenvalue weighted by Crippen LogP contribution is 2.33. The van der Waals surface area contributed by atoms with E-state index in [9.17, 15) is 18.0 Å². The topological polar surface area (TPSA) is 48.0 Å². The van der Waals surface area contributed by atoms with Crippen LogP contribution in [0.3, 0.4) is 0 Å². The molecule has 0 aliphatic rings. The number of hydrogen-bond donors (Lipinski definition) is 1. The van der Waals surface area contributed by atoms with E-state index in [4.69, 9.17) is 5.73 Å². The number of carbonyl (C=O) groups excluding carboxylic acids is 1. The summed E-state index contributed by atoms with van der Waals surface area (Å²) in [5.41, 5.74) is 6.57. The number of fused-ring (bicyclic) bond motifs is 3. The number of rotatable bonds is 3. The molecule has 3 aromatic carbocycles. The Morgan fingerprint density at radius 2 is 1.88 bits per heavy atom. The summed E-state index contributed by atoms with van der Waals surface area (Å²) in [6, 6.07) is 13.7. The van der Waals surface area contributed by atoms with Crippen molar-refractivity contribution in [2.45, 2.75) is 6.54 Å². The molecule has 1 heterocycles. The van der Waals surface area contributed by atoms with Gasteiger partial charge in [-0.25, -0.2) is 13.2 Å². The van der Waals surface area contributed by atoms with Crippen molar-refractivity contribution in [1.29, 1.82) is 0 Å². The van der Waals surface area contributed by atoms with Crippen LogP contribution >= 0.6 is 0 Å². The molecule has 4 aromatic rings.